The molecule has 2 aliphatic rings. The maximum Gasteiger partial charge on any atom is 0.264 e. The van der Waals surface area contributed by atoms with Gasteiger partial charge in [0.2, 0.25) is 0 Å². The lowest BCUT2D eigenvalue weighted by atomic mass is 9.99. The Kier molecular flexibility index (Phi) is 8.92. The summed E-state index contributed by atoms with van der Waals surface area (Å²) >= 11 is 2.97. The first-order chi connectivity index (χ1) is 19.1. The molecule has 1 unspecified atom stereocenters. The molecule has 0 spiro atoms. The Morgan fingerprint density at radius 2 is 1.87 bits per heavy atom. The molecule has 0 N–H and O–H groups in total. The molecule has 0 aliphatic carbocycles. The van der Waals surface area contributed by atoms with E-state index in [-0.39, 0.29) is 18.4 Å². The van der Waals surface area contributed by atoms with Gasteiger partial charge in [-0.2, -0.15) is 5.10 Å². The van der Waals surface area contributed by atoms with Crippen LogP contribution in [0.1, 0.15) is 32.6 Å². The van der Waals surface area contributed by atoms with Gasteiger partial charge in [-0.05, 0) is 41.1 Å². The molecule has 9 nitrogen and oxygen atoms in total. The third kappa shape index (κ3) is 6.33. The van der Waals surface area contributed by atoms with E-state index in [1.54, 1.807) is 36.5 Å². The number of nitrogens with zero attached hydrogens (tertiary/aromatic N) is 4. The monoisotopic (exact) mass is 568 g/mol. The summed E-state index contributed by atoms with van der Waals surface area (Å²) in [5.74, 6) is 0.926. The third-order valence-electron chi connectivity index (χ3n) is 6.90. The SMILES string of the molecule is COc1ccc(OC)c(C2CC(c3cccs3)=NN2C(=O)CN(CCN2CCOCC2)C(=O)c2cccs2)c1. The second-order valence-electron chi connectivity index (χ2n) is 9.25. The Morgan fingerprint density at radius 3 is 2.56 bits per heavy atom. The molecule has 0 radical (unpaired) electrons. The third-order valence-corrected chi connectivity index (χ3v) is 8.68. The summed E-state index contributed by atoms with van der Waals surface area (Å²) < 4.78 is 16.6. The van der Waals surface area contributed by atoms with Crippen molar-refractivity contribution in [3.8, 4) is 11.5 Å². The molecule has 2 aliphatic heterocycles. The van der Waals surface area contributed by atoms with Gasteiger partial charge in [0.05, 0.1) is 48.9 Å². The van der Waals surface area contributed by atoms with Crippen LogP contribution in [0.25, 0.3) is 0 Å². The predicted molar refractivity (Wildman–Crippen MR) is 152 cm³/mol. The van der Waals surface area contributed by atoms with Crippen molar-refractivity contribution >= 4 is 40.2 Å². The minimum Gasteiger partial charge on any atom is -0.497 e. The average molecular weight is 569 g/mol. The van der Waals surface area contributed by atoms with Crippen LogP contribution in [0, 0.1) is 0 Å². The predicted octanol–water partition coefficient (Wildman–Crippen LogP) is 3.98. The molecular formula is C28H32N4O5S2. The zero-order valence-corrected chi connectivity index (χ0v) is 23.7. The first-order valence-electron chi connectivity index (χ1n) is 12.9. The number of hydrogen-bond acceptors (Lipinski definition) is 9. The molecule has 0 saturated carbocycles. The molecular weight excluding hydrogens is 536 g/mol. The van der Waals surface area contributed by atoms with E-state index in [2.05, 4.69) is 4.90 Å². The molecule has 2 aromatic heterocycles. The molecule has 0 bridgehead atoms. The van der Waals surface area contributed by atoms with E-state index in [9.17, 15) is 9.59 Å². The number of amides is 2. The lowest BCUT2D eigenvalue weighted by Crippen LogP contribution is -2.46. The minimum atomic E-state index is -0.391. The van der Waals surface area contributed by atoms with Crippen LogP contribution in [0.5, 0.6) is 11.5 Å². The van der Waals surface area contributed by atoms with Gasteiger partial charge in [0.15, 0.2) is 0 Å². The molecule has 39 heavy (non-hydrogen) atoms. The number of carbonyl (C=O) groups excluding carboxylic acids is 2. The second kappa shape index (κ2) is 12.7. The molecule has 3 aromatic rings. The first-order valence-corrected chi connectivity index (χ1v) is 14.6. The number of methoxy groups -OCH3 is 2. The molecule has 1 fully saturated rings. The summed E-state index contributed by atoms with van der Waals surface area (Å²) in [6.07, 6.45) is 0.530. The fourth-order valence-electron chi connectivity index (χ4n) is 4.81. The summed E-state index contributed by atoms with van der Waals surface area (Å²) in [6.45, 7) is 4.01. The van der Waals surface area contributed by atoms with Gasteiger partial charge in [-0.3, -0.25) is 14.5 Å². The van der Waals surface area contributed by atoms with Crippen molar-refractivity contribution in [2.24, 2.45) is 5.10 Å². The van der Waals surface area contributed by atoms with Gasteiger partial charge in [-0.15, -0.1) is 22.7 Å². The fraction of sp³-hybridized carbons (Fsp3) is 0.393. The van der Waals surface area contributed by atoms with Gasteiger partial charge < -0.3 is 19.1 Å². The van der Waals surface area contributed by atoms with E-state index in [1.165, 1.54) is 16.3 Å². The Hall–Kier alpha value is -3.25. The fourth-order valence-corrected chi connectivity index (χ4v) is 6.22. The van der Waals surface area contributed by atoms with Crippen LogP contribution in [0.2, 0.25) is 0 Å². The molecule has 1 aromatic carbocycles. The summed E-state index contributed by atoms with van der Waals surface area (Å²) in [5.41, 5.74) is 1.64. The van der Waals surface area contributed by atoms with E-state index in [4.69, 9.17) is 19.3 Å². The maximum atomic E-state index is 14.0. The van der Waals surface area contributed by atoms with Crippen molar-refractivity contribution < 1.29 is 23.8 Å². The van der Waals surface area contributed by atoms with E-state index in [0.717, 1.165) is 29.2 Å². The Bertz CT molecular complexity index is 1290. The van der Waals surface area contributed by atoms with Crippen molar-refractivity contribution in [1.29, 1.82) is 0 Å². The Morgan fingerprint density at radius 1 is 1.08 bits per heavy atom. The van der Waals surface area contributed by atoms with Crippen LogP contribution in [0.3, 0.4) is 0 Å². The number of rotatable bonds is 10. The van der Waals surface area contributed by atoms with Gasteiger partial charge >= 0.3 is 0 Å². The van der Waals surface area contributed by atoms with Crippen molar-refractivity contribution in [2.45, 2.75) is 12.5 Å². The topological polar surface area (TPSA) is 83.9 Å². The molecule has 4 heterocycles. The lowest BCUT2D eigenvalue weighted by molar-refractivity contribution is -0.133. The Labute approximate surface area is 236 Å². The number of thiophene rings is 2. The number of carbonyl (C=O) groups is 2. The standard InChI is InChI=1S/C28H32N4O5S2/c1-35-20-7-8-24(36-2)21(17-20)23-18-22(25-5-3-15-38-25)29-32(23)27(33)19-31(28(34)26-6-4-16-39-26)10-9-30-11-13-37-14-12-30/h3-8,15-17,23H,9-14,18-19H2,1-2H3. The van der Waals surface area contributed by atoms with Crippen LogP contribution in [0.4, 0.5) is 0 Å². The van der Waals surface area contributed by atoms with Crippen LogP contribution in [-0.4, -0.2) is 92.5 Å². The molecule has 1 saturated heterocycles. The van der Waals surface area contributed by atoms with Crippen LogP contribution < -0.4 is 9.47 Å². The first kappa shape index (κ1) is 27.3. The number of hydrogen-bond donors (Lipinski definition) is 0. The smallest absolute Gasteiger partial charge is 0.264 e. The van der Waals surface area contributed by atoms with E-state index < -0.39 is 6.04 Å². The van der Waals surface area contributed by atoms with Crippen molar-refractivity contribution in [2.75, 3.05) is 60.2 Å². The van der Waals surface area contributed by atoms with Crippen molar-refractivity contribution in [3.05, 3.63) is 68.5 Å². The highest BCUT2D eigenvalue weighted by atomic mass is 32.1. The molecule has 1 atom stereocenters. The summed E-state index contributed by atoms with van der Waals surface area (Å²) in [6, 6.07) is 12.8. The molecule has 5 rings (SSSR count). The zero-order valence-electron chi connectivity index (χ0n) is 22.1. The quantitative estimate of drug-likeness (QED) is 0.368. The van der Waals surface area contributed by atoms with Gasteiger partial charge in [-0.25, -0.2) is 5.01 Å². The average Bonchev–Trinajstić information content (AvgIpc) is 3.77. The van der Waals surface area contributed by atoms with Gasteiger partial charge in [0.25, 0.3) is 11.8 Å². The number of benzene rings is 1. The highest BCUT2D eigenvalue weighted by Crippen LogP contribution is 2.40. The van der Waals surface area contributed by atoms with E-state index >= 15 is 0 Å². The van der Waals surface area contributed by atoms with Crippen LogP contribution >= 0.6 is 22.7 Å². The maximum absolute atomic E-state index is 14.0. The van der Waals surface area contributed by atoms with Crippen molar-refractivity contribution in [1.82, 2.24) is 14.8 Å². The number of ether oxygens (including phenoxy) is 3. The molecule has 206 valence electrons. The second-order valence-corrected chi connectivity index (χ2v) is 11.1. The minimum absolute atomic E-state index is 0.0783. The zero-order chi connectivity index (χ0) is 27.2. The van der Waals surface area contributed by atoms with Gasteiger partial charge in [-0.1, -0.05) is 12.1 Å². The highest BCUT2D eigenvalue weighted by Gasteiger charge is 2.36. The summed E-state index contributed by atoms with van der Waals surface area (Å²) in [4.78, 5) is 32.9. The van der Waals surface area contributed by atoms with Gasteiger partial charge in [0, 0.05) is 38.2 Å². The van der Waals surface area contributed by atoms with Crippen molar-refractivity contribution in [3.63, 3.8) is 0 Å². The van der Waals surface area contributed by atoms with Gasteiger partial charge in [0.1, 0.15) is 18.0 Å². The summed E-state index contributed by atoms with van der Waals surface area (Å²) in [7, 11) is 3.22. The lowest BCUT2D eigenvalue weighted by Gasteiger charge is -2.31. The van der Waals surface area contributed by atoms with Crippen LogP contribution in [-0.2, 0) is 9.53 Å². The summed E-state index contributed by atoms with van der Waals surface area (Å²) in [5, 5.41) is 10.2. The van der Waals surface area contributed by atoms with Crippen LogP contribution in [0.15, 0.2) is 58.3 Å². The normalized spacial score (nSPS) is 17.6. The molecule has 2 amide bonds. The number of morpholine rings is 1. The highest BCUT2D eigenvalue weighted by molar-refractivity contribution is 7.12. The largest absolute Gasteiger partial charge is 0.497 e. The van der Waals surface area contributed by atoms with E-state index in [1.807, 2.05) is 47.2 Å². The molecule has 11 heteroatoms. The Balaban J connectivity index is 1.42. The number of hydrazone groups is 1. The van der Waals surface area contributed by atoms with E-state index in [0.29, 0.717) is 49.1 Å².